The molecule has 0 saturated carbocycles. The maximum atomic E-state index is 6.18. The van der Waals surface area contributed by atoms with Crippen molar-refractivity contribution < 1.29 is 25.8 Å². The molecule has 7 rings (SSSR count). The zero-order chi connectivity index (χ0) is 24.6. The molecule has 38 heavy (non-hydrogen) atoms. The first-order chi connectivity index (χ1) is 18.3. The molecule has 3 aromatic carbocycles. The molecule has 7 nitrogen and oxygen atoms in total. The molecule has 0 N–H and O–H groups in total. The Bertz CT molecular complexity index is 1750. The van der Waals surface area contributed by atoms with Crippen molar-refractivity contribution in [2.24, 2.45) is 0 Å². The largest absolute Gasteiger partial charge is 0.508 e. The number of ether oxygens (including phenoxy) is 1. The Morgan fingerprint density at radius 3 is 2.37 bits per heavy atom. The van der Waals surface area contributed by atoms with Gasteiger partial charge in [-0.3, -0.25) is 0 Å². The molecule has 0 amide bonds. The molecule has 3 aromatic heterocycles. The number of hydrogen-bond donors (Lipinski definition) is 0. The summed E-state index contributed by atoms with van der Waals surface area (Å²) in [6.45, 7) is 1.98. The van der Waals surface area contributed by atoms with Gasteiger partial charge in [-0.15, -0.1) is 30.3 Å². The molecular formula is C30H19N6OPt-3. The monoisotopic (exact) mass is 674 g/mol. The first-order valence-electron chi connectivity index (χ1n) is 11.8. The summed E-state index contributed by atoms with van der Waals surface area (Å²) < 4.78 is 8.18. The van der Waals surface area contributed by atoms with Crippen LogP contribution in [0.3, 0.4) is 0 Å². The van der Waals surface area contributed by atoms with E-state index in [4.69, 9.17) is 4.74 Å². The van der Waals surface area contributed by atoms with E-state index < -0.39 is 0 Å². The molecule has 0 spiro atoms. The number of fused-ring (bicyclic) bond motifs is 3. The number of nitrogens with zero attached hydrogens (tertiary/aromatic N) is 6. The van der Waals surface area contributed by atoms with Gasteiger partial charge in [0.15, 0.2) is 0 Å². The van der Waals surface area contributed by atoms with Gasteiger partial charge in [0.2, 0.25) is 5.95 Å². The Kier molecular flexibility index (Phi) is 6.36. The van der Waals surface area contributed by atoms with Crippen LogP contribution < -0.4 is 14.5 Å². The van der Waals surface area contributed by atoms with Crippen LogP contribution in [0, 0.1) is 18.8 Å². The van der Waals surface area contributed by atoms with Crippen LogP contribution in [-0.2, 0) is 21.1 Å². The Morgan fingerprint density at radius 1 is 0.711 bits per heavy atom. The van der Waals surface area contributed by atoms with Gasteiger partial charge in [0.25, 0.3) is 0 Å². The molecule has 6 aromatic rings. The third-order valence-corrected chi connectivity index (χ3v) is 6.14. The summed E-state index contributed by atoms with van der Waals surface area (Å²) in [5.41, 5.74) is 3.68. The predicted octanol–water partition coefficient (Wildman–Crippen LogP) is 6.28. The Balaban J connectivity index is 0.00000264. The van der Waals surface area contributed by atoms with Gasteiger partial charge < -0.3 is 24.1 Å². The van der Waals surface area contributed by atoms with Crippen LogP contribution in [0.1, 0.15) is 0 Å². The third-order valence-electron chi connectivity index (χ3n) is 6.14. The zero-order valence-corrected chi connectivity index (χ0v) is 22.1. The van der Waals surface area contributed by atoms with Gasteiger partial charge in [0, 0.05) is 56.2 Å². The van der Waals surface area contributed by atoms with Crippen molar-refractivity contribution in [1.29, 1.82) is 0 Å². The quantitative estimate of drug-likeness (QED) is 0.201. The Morgan fingerprint density at radius 2 is 1.50 bits per heavy atom. The Labute approximate surface area is 233 Å². The molecule has 0 fully saturated rings. The van der Waals surface area contributed by atoms with E-state index in [0.29, 0.717) is 17.4 Å². The van der Waals surface area contributed by atoms with E-state index in [9.17, 15) is 0 Å². The summed E-state index contributed by atoms with van der Waals surface area (Å²) in [6, 6.07) is 30.8. The van der Waals surface area contributed by atoms with Crippen molar-refractivity contribution in [2.75, 3.05) is 9.80 Å². The van der Waals surface area contributed by atoms with Gasteiger partial charge in [-0.2, -0.15) is 6.07 Å². The number of hydrogen-bond acceptors (Lipinski definition) is 6. The summed E-state index contributed by atoms with van der Waals surface area (Å²) >= 11 is 0. The van der Waals surface area contributed by atoms with Crippen LogP contribution in [0.2, 0.25) is 0 Å². The van der Waals surface area contributed by atoms with Gasteiger partial charge in [-0.25, -0.2) is 9.97 Å². The average Bonchev–Trinajstić information content (AvgIpc) is 3.58. The van der Waals surface area contributed by atoms with E-state index in [2.05, 4.69) is 51.4 Å². The van der Waals surface area contributed by atoms with Crippen molar-refractivity contribution in [1.82, 2.24) is 19.5 Å². The van der Waals surface area contributed by atoms with Crippen LogP contribution in [0.4, 0.5) is 11.4 Å². The van der Waals surface area contributed by atoms with Gasteiger partial charge in [-0.1, -0.05) is 53.8 Å². The second-order valence-electron chi connectivity index (χ2n) is 8.43. The van der Waals surface area contributed by atoms with Crippen molar-refractivity contribution in [3.63, 3.8) is 0 Å². The summed E-state index contributed by atoms with van der Waals surface area (Å²) in [4.78, 5) is 17.3. The van der Waals surface area contributed by atoms with Gasteiger partial charge in [0.05, 0.1) is 0 Å². The zero-order valence-electron chi connectivity index (χ0n) is 19.9. The Hall–Kier alpha value is -4.48. The maximum Gasteiger partial charge on any atom is 0.232 e. The number of anilines is 2. The number of benzene rings is 3. The van der Waals surface area contributed by atoms with Crippen LogP contribution in [0.5, 0.6) is 11.5 Å². The second-order valence-corrected chi connectivity index (χ2v) is 8.43. The van der Waals surface area contributed by atoms with Gasteiger partial charge >= 0.3 is 0 Å². The van der Waals surface area contributed by atoms with E-state index in [1.807, 2.05) is 75.9 Å². The molecule has 0 saturated heterocycles. The maximum absolute atomic E-state index is 6.18. The molecule has 1 aliphatic heterocycles. The van der Waals surface area contributed by atoms with E-state index in [0.717, 1.165) is 33.2 Å². The minimum Gasteiger partial charge on any atom is -0.508 e. The second kappa shape index (κ2) is 10.1. The first kappa shape index (κ1) is 23.9. The standard InChI is InChI=1S/C30H19N6O.Pt/c1-2-7-22(8-3-1)34-15-16-35(21-34)23-17-25(20-31-19-23)37-24-11-12-27-26-9-4-5-10-28(26)36(29(27)18-24)30-32-13-6-14-33-30;/h1-16,19-21H;/q-3;. The molecule has 0 unspecified atom stereocenters. The summed E-state index contributed by atoms with van der Waals surface area (Å²) in [5, 5.41) is 2.14. The topological polar surface area (TPSA) is 59.3 Å². The minimum atomic E-state index is 0. The number of pyridine rings is 1. The molecule has 0 bridgehead atoms. The van der Waals surface area contributed by atoms with Crippen LogP contribution >= 0.6 is 0 Å². The van der Waals surface area contributed by atoms with Crippen molar-refractivity contribution in [3.05, 3.63) is 129 Å². The van der Waals surface area contributed by atoms with Crippen LogP contribution in [0.15, 0.2) is 110 Å². The molecule has 0 radical (unpaired) electrons. The molecule has 0 aliphatic carbocycles. The van der Waals surface area contributed by atoms with Crippen LogP contribution in [0.25, 0.3) is 27.8 Å². The minimum absolute atomic E-state index is 0. The smallest absolute Gasteiger partial charge is 0.232 e. The molecule has 0 atom stereocenters. The van der Waals surface area contributed by atoms with E-state index in [1.165, 1.54) is 0 Å². The fraction of sp³-hybridized carbons (Fsp3) is 0. The predicted molar refractivity (Wildman–Crippen MR) is 143 cm³/mol. The number of rotatable bonds is 5. The van der Waals surface area contributed by atoms with Crippen molar-refractivity contribution >= 4 is 33.2 Å². The van der Waals surface area contributed by atoms with E-state index >= 15 is 0 Å². The fourth-order valence-corrected chi connectivity index (χ4v) is 4.47. The molecule has 8 heteroatoms. The van der Waals surface area contributed by atoms with Crippen molar-refractivity contribution in [2.45, 2.75) is 0 Å². The summed E-state index contributed by atoms with van der Waals surface area (Å²) in [5.74, 6) is 1.62. The molecule has 4 heterocycles. The normalized spacial score (nSPS) is 12.7. The summed E-state index contributed by atoms with van der Waals surface area (Å²) in [6.07, 6.45) is 10.8. The average molecular weight is 675 g/mol. The third kappa shape index (κ3) is 4.31. The summed E-state index contributed by atoms with van der Waals surface area (Å²) in [7, 11) is 0. The number of para-hydroxylation sites is 2. The van der Waals surface area contributed by atoms with E-state index in [-0.39, 0.29) is 21.1 Å². The van der Waals surface area contributed by atoms with Gasteiger partial charge in [0.1, 0.15) is 0 Å². The van der Waals surface area contributed by atoms with E-state index in [1.54, 1.807) is 30.9 Å². The number of aromatic nitrogens is 4. The molecular weight excluding hydrogens is 655 g/mol. The van der Waals surface area contributed by atoms with Crippen molar-refractivity contribution in [3.8, 4) is 17.4 Å². The van der Waals surface area contributed by atoms with Crippen LogP contribution in [-0.4, -0.2) is 19.5 Å². The first-order valence-corrected chi connectivity index (χ1v) is 11.8. The fourth-order valence-electron chi connectivity index (χ4n) is 4.47. The molecule has 1 aliphatic rings. The molecule has 188 valence electrons. The SMILES string of the molecule is [Pt].[c-]1c(Oc2[c-]c3c(cc2)c2ccccc2n3-c2ncccn2)cncc1N1C=CN(c2ccccc2)[CH-]1. The van der Waals surface area contributed by atoms with Gasteiger partial charge in [-0.05, 0) is 48.2 Å².